The summed E-state index contributed by atoms with van der Waals surface area (Å²) >= 11 is 0. The van der Waals surface area contributed by atoms with Gasteiger partial charge in [0.15, 0.2) is 5.65 Å². The zero-order valence-electron chi connectivity index (χ0n) is 8.59. The molecule has 2 heterocycles. The van der Waals surface area contributed by atoms with Crippen molar-refractivity contribution < 1.29 is 5.11 Å². The lowest BCUT2D eigenvalue weighted by Gasteiger charge is -1.99. The standard InChI is InChI=1S/C12H11N3O/c16-8-10-11(9-4-2-1-3-5-9)14-15-7-6-13-12(10)15/h1-7,14,16H,8H2. The summed E-state index contributed by atoms with van der Waals surface area (Å²) in [6, 6.07) is 9.92. The summed E-state index contributed by atoms with van der Waals surface area (Å²) in [5, 5.41) is 12.6. The number of H-pyrrole nitrogens is 1. The number of aliphatic hydroxyl groups is 1. The highest BCUT2D eigenvalue weighted by molar-refractivity contribution is 5.70. The van der Waals surface area contributed by atoms with Crippen molar-refractivity contribution in [3.05, 3.63) is 48.3 Å². The van der Waals surface area contributed by atoms with Crippen molar-refractivity contribution in [2.24, 2.45) is 0 Å². The summed E-state index contributed by atoms with van der Waals surface area (Å²) in [5.41, 5.74) is 3.58. The molecule has 4 heteroatoms. The Kier molecular flexibility index (Phi) is 2.01. The zero-order valence-corrected chi connectivity index (χ0v) is 8.59. The molecule has 0 aliphatic heterocycles. The van der Waals surface area contributed by atoms with Crippen LogP contribution in [-0.2, 0) is 6.61 Å². The molecule has 3 rings (SSSR count). The highest BCUT2D eigenvalue weighted by Crippen LogP contribution is 2.24. The van der Waals surface area contributed by atoms with Crippen molar-refractivity contribution in [1.29, 1.82) is 0 Å². The highest BCUT2D eigenvalue weighted by Gasteiger charge is 2.12. The van der Waals surface area contributed by atoms with E-state index in [1.165, 1.54) is 0 Å². The topological polar surface area (TPSA) is 53.3 Å². The molecular formula is C12H11N3O. The van der Waals surface area contributed by atoms with E-state index >= 15 is 0 Å². The molecule has 0 fully saturated rings. The van der Waals surface area contributed by atoms with E-state index < -0.39 is 0 Å². The van der Waals surface area contributed by atoms with Gasteiger partial charge >= 0.3 is 0 Å². The van der Waals surface area contributed by atoms with E-state index in [9.17, 15) is 5.11 Å². The van der Waals surface area contributed by atoms with Gasteiger partial charge in [0.05, 0.1) is 12.3 Å². The number of hydrogen-bond acceptors (Lipinski definition) is 2. The van der Waals surface area contributed by atoms with Gasteiger partial charge in [-0.1, -0.05) is 30.3 Å². The number of imidazole rings is 1. The van der Waals surface area contributed by atoms with E-state index in [4.69, 9.17) is 0 Å². The molecule has 0 saturated carbocycles. The first-order valence-corrected chi connectivity index (χ1v) is 5.10. The first kappa shape index (κ1) is 9.18. The van der Waals surface area contributed by atoms with Gasteiger partial charge in [0.1, 0.15) is 0 Å². The number of aromatic nitrogens is 3. The van der Waals surface area contributed by atoms with Crippen molar-refractivity contribution >= 4 is 5.65 Å². The number of rotatable bonds is 2. The third kappa shape index (κ3) is 1.24. The monoisotopic (exact) mass is 213 g/mol. The van der Waals surface area contributed by atoms with Crippen LogP contribution in [-0.4, -0.2) is 19.7 Å². The molecule has 0 saturated heterocycles. The normalized spacial score (nSPS) is 11.1. The van der Waals surface area contributed by atoms with Crippen molar-refractivity contribution in [2.45, 2.75) is 6.61 Å². The molecule has 1 aromatic carbocycles. The molecule has 0 atom stereocenters. The molecule has 0 aliphatic carbocycles. The molecule has 2 aromatic heterocycles. The molecule has 3 aromatic rings. The largest absolute Gasteiger partial charge is 0.391 e. The fraction of sp³-hybridized carbons (Fsp3) is 0.0833. The van der Waals surface area contributed by atoms with Gasteiger partial charge in [0.2, 0.25) is 0 Å². The predicted molar refractivity (Wildman–Crippen MR) is 60.9 cm³/mol. The Morgan fingerprint density at radius 1 is 1.25 bits per heavy atom. The van der Waals surface area contributed by atoms with Crippen molar-refractivity contribution in [2.75, 3.05) is 0 Å². The minimum atomic E-state index is -0.0196. The Balaban J connectivity index is 2.27. The number of aliphatic hydroxyl groups excluding tert-OH is 1. The lowest BCUT2D eigenvalue weighted by atomic mass is 10.1. The number of nitrogens with one attached hydrogen (secondary N) is 1. The second kappa shape index (κ2) is 3.50. The Hall–Kier alpha value is -2.07. The number of benzene rings is 1. The van der Waals surface area contributed by atoms with Gasteiger partial charge in [0, 0.05) is 18.0 Å². The first-order valence-electron chi connectivity index (χ1n) is 5.10. The summed E-state index contributed by atoms with van der Waals surface area (Å²) in [5.74, 6) is 0. The minimum Gasteiger partial charge on any atom is -0.391 e. The van der Waals surface area contributed by atoms with Crippen LogP contribution in [0.2, 0.25) is 0 Å². The zero-order chi connectivity index (χ0) is 11.0. The summed E-state index contributed by atoms with van der Waals surface area (Å²) in [6.45, 7) is -0.0196. The Morgan fingerprint density at radius 3 is 2.81 bits per heavy atom. The van der Waals surface area contributed by atoms with Crippen LogP contribution < -0.4 is 0 Å². The summed E-state index contributed by atoms with van der Waals surface area (Å²) in [6.07, 6.45) is 3.54. The average molecular weight is 213 g/mol. The van der Waals surface area contributed by atoms with Gasteiger partial charge in [-0.3, -0.25) is 5.10 Å². The van der Waals surface area contributed by atoms with E-state index in [0.717, 1.165) is 22.5 Å². The number of aromatic amines is 1. The van der Waals surface area contributed by atoms with E-state index in [2.05, 4.69) is 10.1 Å². The molecule has 4 nitrogen and oxygen atoms in total. The second-order valence-electron chi connectivity index (χ2n) is 3.61. The Morgan fingerprint density at radius 2 is 2.06 bits per heavy atom. The quantitative estimate of drug-likeness (QED) is 0.682. The fourth-order valence-electron chi connectivity index (χ4n) is 1.91. The second-order valence-corrected chi connectivity index (χ2v) is 3.61. The van der Waals surface area contributed by atoms with Gasteiger partial charge in [-0.15, -0.1) is 0 Å². The predicted octanol–water partition coefficient (Wildman–Crippen LogP) is 1.82. The highest BCUT2D eigenvalue weighted by atomic mass is 16.3. The fourth-order valence-corrected chi connectivity index (χ4v) is 1.91. The maximum atomic E-state index is 9.41. The lowest BCUT2D eigenvalue weighted by molar-refractivity contribution is 0.283. The van der Waals surface area contributed by atoms with Gasteiger partial charge in [-0.05, 0) is 5.56 Å². The van der Waals surface area contributed by atoms with Gasteiger partial charge in [-0.25, -0.2) is 9.50 Å². The van der Waals surface area contributed by atoms with Crippen LogP contribution in [0.5, 0.6) is 0 Å². The van der Waals surface area contributed by atoms with Crippen LogP contribution >= 0.6 is 0 Å². The van der Waals surface area contributed by atoms with Crippen LogP contribution in [0.4, 0.5) is 0 Å². The van der Waals surface area contributed by atoms with E-state index in [-0.39, 0.29) is 6.61 Å². The third-order valence-electron chi connectivity index (χ3n) is 2.67. The molecule has 0 spiro atoms. The van der Waals surface area contributed by atoms with Crippen LogP contribution in [0, 0.1) is 0 Å². The number of hydrogen-bond donors (Lipinski definition) is 2. The van der Waals surface area contributed by atoms with Crippen LogP contribution in [0.25, 0.3) is 16.9 Å². The van der Waals surface area contributed by atoms with Crippen LogP contribution in [0.3, 0.4) is 0 Å². The van der Waals surface area contributed by atoms with E-state index in [1.807, 2.05) is 41.0 Å². The summed E-state index contributed by atoms with van der Waals surface area (Å²) in [4.78, 5) is 4.21. The van der Waals surface area contributed by atoms with Crippen LogP contribution in [0.15, 0.2) is 42.7 Å². The maximum Gasteiger partial charge on any atom is 0.159 e. The minimum absolute atomic E-state index is 0.0196. The van der Waals surface area contributed by atoms with Gasteiger partial charge in [-0.2, -0.15) is 0 Å². The molecule has 0 bridgehead atoms. The number of nitrogens with zero attached hydrogens (tertiary/aromatic N) is 2. The lowest BCUT2D eigenvalue weighted by Crippen LogP contribution is -1.86. The van der Waals surface area contributed by atoms with E-state index in [1.54, 1.807) is 6.20 Å². The summed E-state index contributed by atoms with van der Waals surface area (Å²) < 4.78 is 1.81. The molecule has 0 unspecified atom stereocenters. The van der Waals surface area contributed by atoms with Gasteiger partial charge in [0.25, 0.3) is 0 Å². The molecular weight excluding hydrogens is 202 g/mol. The number of fused-ring (bicyclic) bond motifs is 1. The SMILES string of the molecule is OCc1c(-c2ccccc2)[nH]n2ccnc12. The average Bonchev–Trinajstić information content (AvgIpc) is 2.89. The molecule has 16 heavy (non-hydrogen) atoms. The van der Waals surface area contributed by atoms with Crippen molar-refractivity contribution in [3.63, 3.8) is 0 Å². The van der Waals surface area contributed by atoms with Crippen LogP contribution in [0.1, 0.15) is 5.56 Å². The molecule has 0 aliphatic rings. The molecule has 80 valence electrons. The Bertz CT molecular complexity index is 610. The maximum absolute atomic E-state index is 9.41. The van der Waals surface area contributed by atoms with Gasteiger partial charge < -0.3 is 5.11 Å². The van der Waals surface area contributed by atoms with Crippen molar-refractivity contribution in [1.82, 2.24) is 14.6 Å². The molecule has 2 N–H and O–H groups in total. The summed E-state index contributed by atoms with van der Waals surface area (Å²) in [7, 11) is 0. The third-order valence-corrected chi connectivity index (χ3v) is 2.67. The van der Waals surface area contributed by atoms with E-state index in [0.29, 0.717) is 0 Å². The molecule has 0 radical (unpaired) electrons. The smallest absolute Gasteiger partial charge is 0.159 e. The first-order chi connectivity index (χ1) is 7.90. The Labute approximate surface area is 92.2 Å². The van der Waals surface area contributed by atoms with Crippen molar-refractivity contribution in [3.8, 4) is 11.3 Å². The molecule has 0 amide bonds.